The second kappa shape index (κ2) is 9.04. The summed E-state index contributed by atoms with van der Waals surface area (Å²) in [5.41, 5.74) is -0.356. The topological polar surface area (TPSA) is 33.5 Å². The molecule has 3 nitrogen and oxygen atoms in total. The highest BCUT2D eigenvalue weighted by Crippen LogP contribution is 2.29. The SMILES string of the molecule is C[C@H]1CCCC[NH+]1CCCNC(=O)/C=C/c1cccc(C(F)(F)F)c1. The summed E-state index contributed by atoms with van der Waals surface area (Å²) in [6.07, 6.45) is 3.06. The third-order valence-corrected chi connectivity index (χ3v) is 4.70. The minimum atomic E-state index is -4.37. The molecule has 0 spiro atoms. The molecule has 2 rings (SSSR count). The molecule has 2 N–H and O–H groups in total. The van der Waals surface area contributed by atoms with Crippen LogP contribution in [0.4, 0.5) is 13.2 Å². The van der Waals surface area contributed by atoms with Crippen molar-refractivity contribution in [2.75, 3.05) is 19.6 Å². The first-order valence-electron chi connectivity index (χ1n) is 8.84. The van der Waals surface area contributed by atoms with Gasteiger partial charge in [0.25, 0.3) is 0 Å². The number of carbonyl (C=O) groups excluding carboxylic acids is 1. The lowest BCUT2D eigenvalue weighted by Gasteiger charge is -2.30. The number of quaternary nitrogens is 1. The number of amides is 1. The second-order valence-corrected chi connectivity index (χ2v) is 6.66. The van der Waals surface area contributed by atoms with Gasteiger partial charge in [0, 0.05) is 19.0 Å². The van der Waals surface area contributed by atoms with Crippen molar-refractivity contribution in [1.82, 2.24) is 5.32 Å². The van der Waals surface area contributed by atoms with E-state index in [4.69, 9.17) is 0 Å². The van der Waals surface area contributed by atoms with Gasteiger partial charge in [-0.2, -0.15) is 13.2 Å². The van der Waals surface area contributed by atoms with E-state index in [1.807, 2.05) is 0 Å². The number of halogens is 3. The van der Waals surface area contributed by atoms with Crippen LogP contribution < -0.4 is 10.2 Å². The van der Waals surface area contributed by atoms with Crippen molar-refractivity contribution in [3.63, 3.8) is 0 Å². The third-order valence-electron chi connectivity index (χ3n) is 4.70. The summed E-state index contributed by atoms with van der Waals surface area (Å²) in [5, 5.41) is 2.79. The molecule has 2 atom stereocenters. The summed E-state index contributed by atoms with van der Waals surface area (Å²) in [6.45, 7) is 5.09. The molecule has 0 bridgehead atoms. The van der Waals surface area contributed by atoms with Gasteiger partial charge in [0.1, 0.15) is 0 Å². The molecule has 1 aliphatic rings. The third kappa shape index (κ3) is 6.53. The van der Waals surface area contributed by atoms with Crippen molar-refractivity contribution >= 4 is 12.0 Å². The van der Waals surface area contributed by atoms with Gasteiger partial charge in [-0.1, -0.05) is 12.1 Å². The van der Waals surface area contributed by atoms with Gasteiger partial charge in [-0.05, 0) is 50.0 Å². The minimum absolute atomic E-state index is 0.279. The molecule has 1 saturated heterocycles. The van der Waals surface area contributed by atoms with Crippen LogP contribution >= 0.6 is 0 Å². The smallest absolute Gasteiger partial charge is 0.352 e. The van der Waals surface area contributed by atoms with Crippen LogP contribution in [0, 0.1) is 0 Å². The number of rotatable bonds is 6. The first-order chi connectivity index (χ1) is 11.9. The highest BCUT2D eigenvalue weighted by molar-refractivity contribution is 5.91. The van der Waals surface area contributed by atoms with Crippen molar-refractivity contribution in [1.29, 1.82) is 0 Å². The average molecular weight is 355 g/mol. The van der Waals surface area contributed by atoms with Gasteiger partial charge >= 0.3 is 6.18 Å². The van der Waals surface area contributed by atoms with E-state index in [0.717, 1.165) is 25.1 Å². The van der Waals surface area contributed by atoms with Gasteiger partial charge in [-0.25, -0.2) is 0 Å². The monoisotopic (exact) mass is 355 g/mol. The Morgan fingerprint density at radius 2 is 2.16 bits per heavy atom. The first kappa shape index (κ1) is 19.5. The van der Waals surface area contributed by atoms with Gasteiger partial charge in [-0.15, -0.1) is 0 Å². The molecule has 1 aliphatic heterocycles. The van der Waals surface area contributed by atoms with Crippen molar-refractivity contribution in [3.8, 4) is 0 Å². The molecular formula is C19H26F3N2O+. The quantitative estimate of drug-likeness (QED) is 0.597. The van der Waals surface area contributed by atoms with E-state index in [9.17, 15) is 18.0 Å². The van der Waals surface area contributed by atoms with Gasteiger partial charge < -0.3 is 10.2 Å². The highest BCUT2D eigenvalue weighted by atomic mass is 19.4. The fourth-order valence-corrected chi connectivity index (χ4v) is 3.20. The molecule has 138 valence electrons. The largest absolute Gasteiger partial charge is 0.416 e. The lowest BCUT2D eigenvalue weighted by Crippen LogP contribution is -3.16. The minimum Gasteiger partial charge on any atom is -0.352 e. The van der Waals surface area contributed by atoms with Crippen LogP contribution in [0.1, 0.15) is 43.7 Å². The van der Waals surface area contributed by atoms with Crippen molar-refractivity contribution in [2.24, 2.45) is 0 Å². The van der Waals surface area contributed by atoms with E-state index in [1.54, 1.807) is 11.0 Å². The van der Waals surface area contributed by atoms with E-state index >= 15 is 0 Å². The first-order valence-corrected chi connectivity index (χ1v) is 8.84. The molecule has 0 saturated carbocycles. The molecule has 6 heteroatoms. The van der Waals surface area contributed by atoms with Crippen LogP contribution in [-0.2, 0) is 11.0 Å². The highest BCUT2D eigenvalue weighted by Gasteiger charge is 2.30. The summed E-state index contributed by atoms with van der Waals surface area (Å²) in [4.78, 5) is 13.4. The van der Waals surface area contributed by atoms with Gasteiger partial charge in [-0.3, -0.25) is 4.79 Å². The van der Waals surface area contributed by atoms with Gasteiger partial charge in [0.05, 0.1) is 24.7 Å². The van der Waals surface area contributed by atoms with Crippen LogP contribution in [0.5, 0.6) is 0 Å². The number of hydrogen-bond donors (Lipinski definition) is 2. The zero-order valence-corrected chi connectivity index (χ0v) is 14.5. The van der Waals surface area contributed by atoms with Crippen LogP contribution in [-0.4, -0.2) is 31.6 Å². The summed E-state index contributed by atoms with van der Waals surface area (Å²) in [5.74, 6) is -0.279. The van der Waals surface area contributed by atoms with Gasteiger partial charge in [0.15, 0.2) is 0 Å². The van der Waals surface area contributed by atoms with E-state index in [-0.39, 0.29) is 5.91 Å². The molecule has 1 aromatic rings. The fourth-order valence-electron chi connectivity index (χ4n) is 3.20. The molecule has 1 amide bonds. The number of piperidine rings is 1. The van der Waals surface area contributed by atoms with E-state index in [1.165, 1.54) is 44.0 Å². The van der Waals surface area contributed by atoms with Gasteiger partial charge in [0.2, 0.25) is 5.91 Å². The number of alkyl halides is 3. The number of nitrogens with one attached hydrogen (secondary N) is 2. The Hall–Kier alpha value is -1.82. The molecular weight excluding hydrogens is 329 g/mol. The Morgan fingerprint density at radius 1 is 1.36 bits per heavy atom. The van der Waals surface area contributed by atoms with Crippen molar-refractivity contribution in [2.45, 2.75) is 44.8 Å². The predicted molar refractivity (Wildman–Crippen MR) is 92.1 cm³/mol. The normalized spacial score (nSPS) is 21.4. The van der Waals surface area contributed by atoms with Crippen LogP contribution in [0.25, 0.3) is 6.08 Å². The maximum Gasteiger partial charge on any atom is 0.416 e. The Bertz CT molecular complexity index is 599. The Balaban J connectivity index is 1.74. The summed E-state index contributed by atoms with van der Waals surface area (Å²) < 4.78 is 37.9. The Kier molecular flexibility index (Phi) is 7.05. The molecule has 0 aliphatic carbocycles. The maximum absolute atomic E-state index is 12.6. The number of carbonyl (C=O) groups is 1. The number of hydrogen-bond acceptors (Lipinski definition) is 1. The van der Waals surface area contributed by atoms with Crippen LogP contribution in [0.3, 0.4) is 0 Å². The predicted octanol–water partition coefficient (Wildman–Crippen LogP) is 2.68. The summed E-state index contributed by atoms with van der Waals surface area (Å²) in [7, 11) is 0. The molecule has 1 fully saturated rings. The fraction of sp³-hybridized carbons (Fsp3) is 0.526. The molecule has 1 unspecified atom stereocenters. The molecule has 25 heavy (non-hydrogen) atoms. The summed E-state index contributed by atoms with van der Waals surface area (Å²) >= 11 is 0. The number of benzene rings is 1. The van der Waals surface area contributed by atoms with E-state index in [0.29, 0.717) is 18.2 Å². The lowest BCUT2D eigenvalue weighted by atomic mass is 10.0. The number of likely N-dealkylation sites (tertiary alicyclic amines) is 1. The lowest BCUT2D eigenvalue weighted by molar-refractivity contribution is -0.928. The molecule has 0 aromatic heterocycles. The molecule has 1 heterocycles. The maximum atomic E-state index is 12.6. The van der Waals surface area contributed by atoms with Crippen molar-refractivity contribution < 1.29 is 22.9 Å². The van der Waals surface area contributed by atoms with Crippen molar-refractivity contribution in [3.05, 3.63) is 41.5 Å². The average Bonchev–Trinajstić information content (AvgIpc) is 2.58. The van der Waals surface area contributed by atoms with Crippen LogP contribution in [0.2, 0.25) is 0 Å². The van der Waals surface area contributed by atoms with Crippen LogP contribution in [0.15, 0.2) is 30.3 Å². The standard InChI is InChI=1S/C19H25F3N2O/c1-15-6-2-3-12-24(15)13-5-11-23-18(25)10-9-16-7-4-8-17(14-16)19(20,21)22/h4,7-10,14-15H,2-3,5-6,11-13H2,1H3,(H,23,25)/p+1/b10-9+/t15-/m0/s1. The Morgan fingerprint density at radius 3 is 2.88 bits per heavy atom. The van der Waals surface area contributed by atoms with E-state index in [2.05, 4.69) is 12.2 Å². The Labute approximate surface area is 146 Å². The molecule has 1 aromatic carbocycles. The zero-order valence-electron chi connectivity index (χ0n) is 14.5. The summed E-state index contributed by atoms with van der Waals surface area (Å²) in [6, 6.07) is 5.61. The van der Waals surface area contributed by atoms with E-state index < -0.39 is 11.7 Å². The zero-order chi connectivity index (χ0) is 18.3. The second-order valence-electron chi connectivity index (χ2n) is 6.66. The molecule has 0 radical (unpaired) electrons.